The van der Waals surface area contributed by atoms with Gasteiger partial charge in [0.2, 0.25) is 10.0 Å². The molecular weight excluding hydrogens is 290 g/mol. The number of benzene rings is 1. The zero-order valence-corrected chi connectivity index (χ0v) is 13.6. The lowest BCUT2D eigenvalue weighted by Gasteiger charge is -2.16. The molecule has 118 valence electrons. The van der Waals surface area contributed by atoms with Gasteiger partial charge in [-0.15, -0.1) is 0 Å². The molecule has 0 amide bonds. The van der Waals surface area contributed by atoms with Gasteiger partial charge in [-0.3, -0.25) is 4.79 Å². The standard InChI is InChI=1S/C15H23NO4S/c1-12(2)4-5-13-6-8-14(9-7-13)21(19,20)16(3)11-10-15(17)18/h6-9,12H,4-5,10-11H2,1-3H3,(H,17,18). The number of sulfonamides is 1. The Morgan fingerprint density at radius 1 is 1.24 bits per heavy atom. The Balaban J connectivity index is 2.77. The van der Waals surface area contributed by atoms with Crippen LogP contribution in [0.5, 0.6) is 0 Å². The minimum absolute atomic E-state index is 0.0350. The second-order valence-corrected chi connectivity index (χ2v) is 7.59. The lowest BCUT2D eigenvalue weighted by atomic mass is 10.0. The minimum atomic E-state index is -3.61. The molecule has 0 unspecified atom stereocenters. The predicted molar refractivity (Wildman–Crippen MR) is 81.7 cm³/mol. The van der Waals surface area contributed by atoms with Crippen LogP contribution in [0, 0.1) is 5.92 Å². The van der Waals surface area contributed by atoms with E-state index in [1.807, 2.05) is 12.1 Å². The van der Waals surface area contributed by atoms with Crippen LogP contribution < -0.4 is 0 Å². The van der Waals surface area contributed by atoms with E-state index in [1.54, 1.807) is 12.1 Å². The molecule has 0 aliphatic rings. The van der Waals surface area contributed by atoms with E-state index in [0.717, 1.165) is 22.7 Å². The average molecular weight is 313 g/mol. The van der Waals surface area contributed by atoms with Crippen molar-refractivity contribution in [1.82, 2.24) is 4.31 Å². The van der Waals surface area contributed by atoms with Crippen molar-refractivity contribution < 1.29 is 18.3 Å². The van der Waals surface area contributed by atoms with Crippen LogP contribution in [0.2, 0.25) is 0 Å². The predicted octanol–water partition coefficient (Wildman–Crippen LogP) is 2.37. The molecule has 0 radical (unpaired) electrons. The van der Waals surface area contributed by atoms with Gasteiger partial charge in [0.15, 0.2) is 0 Å². The second kappa shape index (κ2) is 7.56. The quantitative estimate of drug-likeness (QED) is 0.799. The molecule has 5 nitrogen and oxygen atoms in total. The summed E-state index contributed by atoms with van der Waals surface area (Å²) in [5.41, 5.74) is 1.11. The van der Waals surface area contributed by atoms with Crippen LogP contribution >= 0.6 is 0 Å². The number of aliphatic carboxylic acids is 1. The third kappa shape index (κ3) is 5.47. The lowest BCUT2D eigenvalue weighted by Crippen LogP contribution is -2.29. The van der Waals surface area contributed by atoms with E-state index >= 15 is 0 Å². The molecule has 0 spiro atoms. The first-order valence-corrected chi connectivity index (χ1v) is 8.44. The molecule has 0 aromatic heterocycles. The molecular formula is C15H23NO4S. The van der Waals surface area contributed by atoms with E-state index in [1.165, 1.54) is 7.05 Å². The Hall–Kier alpha value is -1.40. The first-order chi connectivity index (χ1) is 9.73. The fraction of sp³-hybridized carbons (Fsp3) is 0.533. The van der Waals surface area contributed by atoms with Gasteiger partial charge >= 0.3 is 5.97 Å². The Morgan fingerprint density at radius 3 is 2.29 bits per heavy atom. The fourth-order valence-electron chi connectivity index (χ4n) is 1.84. The molecule has 1 N–H and O–H groups in total. The summed E-state index contributed by atoms with van der Waals surface area (Å²) < 4.78 is 25.6. The number of rotatable bonds is 8. The Bertz CT molecular complexity index is 564. The van der Waals surface area contributed by atoms with Crippen molar-refractivity contribution in [1.29, 1.82) is 0 Å². The van der Waals surface area contributed by atoms with Crippen molar-refractivity contribution in [2.45, 2.75) is 38.0 Å². The highest BCUT2D eigenvalue weighted by molar-refractivity contribution is 7.89. The van der Waals surface area contributed by atoms with Crippen LogP contribution in [-0.4, -0.2) is 37.4 Å². The van der Waals surface area contributed by atoms with Crippen LogP contribution in [0.25, 0.3) is 0 Å². The maximum atomic E-state index is 12.3. The monoisotopic (exact) mass is 313 g/mol. The van der Waals surface area contributed by atoms with Crippen LogP contribution in [0.1, 0.15) is 32.3 Å². The number of carboxylic acid groups (broad SMARTS) is 1. The normalized spacial score (nSPS) is 12.0. The van der Waals surface area contributed by atoms with E-state index in [9.17, 15) is 13.2 Å². The van der Waals surface area contributed by atoms with Crippen LogP contribution in [0.3, 0.4) is 0 Å². The summed E-state index contributed by atoms with van der Waals surface area (Å²) in [5, 5.41) is 8.62. The van der Waals surface area contributed by atoms with Crippen LogP contribution in [0.15, 0.2) is 29.2 Å². The summed E-state index contributed by atoms with van der Waals surface area (Å²) in [4.78, 5) is 10.7. The molecule has 1 rings (SSSR count). The molecule has 0 atom stereocenters. The molecule has 0 fully saturated rings. The van der Waals surface area contributed by atoms with Crippen LogP contribution in [-0.2, 0) is 21.2 Å². The Kier molecular flexibility index (Phi) is 6.36. The number of nitrogens with zero attached hydrogens (tertiary/aromatic N) is 1. The van der Waals surface area contributed by atoms with Crippen LogP contribution in [0.4, 0.5) is 0 Å². The molecule has 0 saturated carbocycles. The number of hydrogen-bond acceptors (Lipinski definition) is 3. The van der Waals surface area contributed by atoms with Gasteiger partial charge in [-0.1, -0.05) is 26.0 Å². The molecule has 21 heavy (non-hydrogen) atoms. The highest BCUT2D eigenvalue weighted by Crippen LogP contribution is 2.17. The van der Waals surface area contributed by atoms with E-state index in [0.29, 0.717) is 5.92 Å². The van der Waals surface area contributed by atoms with Crippen molar-refractivity contribution in [3.8, 4) is 0 Å². The van der Waals surface area contributed by atoms with E-state index in [-0.39, 0.29) is 17.9 Å². The SMILES string of the molecule is CC(C)CCc1ccc(S(=O)(=O)N(C)CCC(=O)O)cc1. The van der Waals surface area contributed by atoms with Gasteiger partial charge in [-0.05, 0) is 36.5 Å². The van der Waals surface area contributed by atoms with Crippen molar-refractivity contribution >= 4 is 16.0 Å². The second-order valence-electron chi connectivity index (χ2n) is 5.55. The summed E-state index contributed by atoms with van der Waals surface area (Å²) in [6, 6.07) is 6.81. The van der Waals surface area contributed by atoms with Gasteiger partial charge in [0.1, 0.15) is 0 Å². The summed E-state index contributed by atoms with van der Waals surface area (Å²) in [5.74, 6) is -0.406. The van der Waals surface area contributed by atoms with Gasteiger partial charge < -0.3 is 5.11 Å². The number of aryl methyl sites for hydroxylation is 1. The first kappa shape index (κ1) is 17.7. The summed E-state index contributed by atoms with van der Waals surface area (Å²) in [6.07, 6.45) is 1.78. The highest BCUT2D eigenvalue weighted by Gasteiger charge is 2.20. The molecule has 1 aromatic rings. The molecule has 1 aromatic carbocycles. The van der Waals surface area contributed by atoms with Gasteiger partial charge in [-0.25, -0.2) is 12.7 Å². The third-order valence-electron chi connectivity index (χ3n) is 3.28. The summed E-state index contributed by atoms with van der Waals surface area (Å²) in [6.45, 7) is 4.26. The lowest BCUT2D eigenvalue weighted by molar-refractivity contribution is -0.137. The Morgan fingerprint density at radius 2 is 1.81 bits per heavy atom. The molecule has 0 aliphatic carbocycles. The van der Waals surface area contributed by atoms with Crippen molar-refractivity contribution in [3.05, 3.63) is 29.8 Å². The van der Waals surface area contributed by atoms with Gasteiger partial charge in [0.05, 0.1) is 11.3 Å². The maximum Gasteiger partial charge on any atom is 0.304 e. The molecule has 0 saturated heterocycles. The Labute approximate surface area is 126 Å². The van der Waals surface area contributed by atoms with Gasteiger partial charge in [0, 0.05) is 13.6 Å². The fourth-order valence-corrected chi connectivity index (χ4v) is 3.01. The number of hydrogen-bond donors (Lipinski definition) is 1. The van der Waals surface area contributed by atoms with Crippen molar-refractivity contribution in [3.63, 3.8) is 0 Å². The zero-order chi connectivity index (χ0) is 16.0. The van der Waals surface area contributed by atoms with E-state index in [4.69, 9.17) is 5.11 Å². The topological polar surface area (TPSA) is 74.7 Å². The molecule has 6 heteroatoms. The molecule has 0 bridgehead atoms. The van der Waals surface area contributed by atoms with Crippen molar-refractivity contribution in [2.75, 3.05) is 13.6 Å². The highest BCUT2D eigenvalue weighted by atomic mass is 32.2. The minimum Gasteiger partial charge on any atom is -0.481 e. The number of carboxylic acids is 1. The van der Waals surface area contributed by atoms with Gasteiger partial charge in [-0.2, -0.15) is 0 Å². The molecule has 0 aliphatic heterocycles. The van der Waals surface area contributed by atoms with Gasteiger partial charge in [0.25, 0.3) is 0 Å². The largest absolute Gasteiger partial charge is 0.481 e. The number of carbonyl (C=O) groups is 1. The molecule has 0 heterocycles. The first-order valence-electron chi connectivity index (χ1n) is 7.00. The van der Waals surface area contributed by atoms with Crippen molar-refractivity contribution in [2.24, 2.45) is 5.92 Å². The average Bonchev–Trinajstić information content (AvgIpc) is 2.42. The zero-order valence-electron chi connectivity index (χ0n) is 12.7. The summed E-state index contributed by atoms with van der Waals surface area (Å²) >= 11 is 0. The van der Waals surface area contributed by atoms with E-state index < -0.39 is 16.0 Å². The smallest absolute Gasteiger partial charge is 0.304 e. The summed E-state index contributed by atoms with van der Waals surface area (Å²) in [7, 11) is -2.22. The third-order valence-corrected chi connectivity index (χ3v) is 5.15. The maximum absolute atomic E-state index is 12.3. The van der Waals surface area contributed by atoms with E-state index in [2.05, 4.69) is 13.8 Å².